The molecule has 0 bridgehead atoms. The van der Waals surface area contributed by atoms with E-state index in [9.17, 15) is 9.59 Å². The Kier molecular flexibility index (Phi) is 5.97. The number of benzene rings is 1. The van der Waals surface area contributed by atoms with Crippen molar-refractivity contribution < 1.29 is 23.8 Å². The number of nitrogens with one attached hydrogen (secondary N) is 1. The fourth-order valence-corrected chi connectivity index (χ4v) is 4.68. The summed E-state index contributed by atoms with van der Waals surface area (Å²) >= 11 is 6.18. The molecular weight excluding hydrogens is 394 g/mol. The van der Waals surface area contributed by atoms with Crippen LogP contribution in [0.3, 0.4) is 0 Å². The number of aryl methyl sites for hydroxylation is 2. The molecule has 1 heterocycles. The van der Waals surface area contributed by atoms with Gasteiger partial charge >= 0.3 is 6.16 Å². The van der Waals surface area contributed by atoms with Crippen molar-refractivity contribution in [1.82, 2.24) is 5.32 Å². The van der Waals surface area contributed by atoms with Gasteiger partial charge in [-0.2, -0.15) is 0 Å². The van der Waals surface area contributed by atoms with E-state index < -0.39 is 11.7 Å². The van der Waals surface area contributed by atoms with Crippen LogP contribution in [0.5, 0.6) is 0 Å². The third kappa shape index (κ3) is 4.01. The van der Waals surface area contributed by atoms with Crippen LogP contribution in [0.15, 0.2) is 17.9 Å². The van der Waals surface area contributed by atoms with Gasteiger partial charge in [0.15, 0.2) is 0 Å². The molecule has 0 unspecified atom stereocenters. The highest BCUT2D eigenvalue weighted by Gasteiger charge is 2.52. The summed E-state index contributed by atoms with van der Waals surface area (Å²) in [6.45, 7) is 7.74. The Balaban J connectivity index is 2.13. The van der Waals surface area contributed by atoms with Gasteiger partial charge in [0.1, 0.15) is 5.76 Å². The number of ether oxygens (including phenoxy) is 3. The van der Waals surface area contributed by atoms with Crippen molar-refractivity contribution >= 4 is 29.2 Å². The molecule has 1 saturated carbocycles. The largest absolute Gasteiger partial charge is 0.513 e. The molecule has 1 aromatic rings. The Hall–Kier alpha value is -2.05. The zero-order valence-corrected chi connectivity index (χ0v) is 18.4. The van der Waals surface area contributed by atoms with Crippen molar-refractivity contribution in [3.05, 3.63) is 39.6 Å². The number of methoxy groups -OCH3 is 1. The summed E-state index contributed by atoms with van der Waals surface area (Å²) in [5.74, 6) is 0.0893. The minimum Gasteiger partial charge on any atom is -0.434 e. The summed E-state index contributed by atoms with van der Waals surface area (Å²) in [6.07, 6.45) is 1.86. The van der Waals surface area contributed by atoms with Crippen molar-refractivity contribution in [2.45, 2.75) is 64.5 Å². The van der Waals surface area contributed by atoms with Crippen molar-refractivity contribution in [2.75, 3.05) is 13.7 Å². The molecule has 0 aromatic heterocycles. The van der Waals surface area contributed by atoms with Gasteiger partial charge < -0.3 is 19.5 Å². The number of carbonyl (C=O) groups excluding carboxylic acids is 2. The van der Waals surface area contributed by atoms with Crippen LogP contribution in [0.2, 0.25) is 5.02 Å². The Morgan fingerprint density at radius 2 is 1.76 bits per heavy atom. The number of amides is 1. The molecule has 0 saturated heterocycles. The van der Waals surface area contributed by atoms with E-state index in [2.05, 4.69) is 12.2 Å². The molecule has 1 aliphatic carbocycles. The molecule has 7 heteroatoms. The van der Waals surface area contributed by atoms with Crippen LogP contribution in [-0.4, -0.2) is 36.9 Å². The number of hydrogen-bond donors (Lipinski definition) is 1. The van der Waals surface area contributed by atoms with Gasteiger partial charge in [-0.1, -0.05) is 11.6 Å². The predicted molar refractivity (Wildman–Crippen MR) is 111 cm³/mol. The van der Waals surface area contributed by atoms with Crippen LogP contribution in [-0.2, 0) is 19.0 Å². The first kappa shape index (κ1) is 21.7. The monoisotopic (exact) mass is 421 g/mol. The minimum atomic E-state index is -0.805. The number of carbonyl (C=O) groups is 2. The quantitative estimate of drug-likeness (QED) is 0.714. The lowest BCUT2D eigenvalue weighted by Gasteiger charge is -2.42. The molecule has 3 rings (SSSR count). The van der Waals surface area contributed by atoms with Gasteiger partial charge in [0.25, 0.3) is 5.91 Å². The van der Waals surface area contributed by atoms with Gasteiger partial charge in [0.05, 0.1) is 23.3 Å². The molecule has 1 aliphatic heterocycles. The summed E-state index contributed by atoms with van der Waals surface area (Å²) in [5.41, 5.74) is 1.79. The smallest absolute Gasteiger partial charge is 0.434 e. The molecule has 158 valence electrons. The van der Waals surface area contributed by atoms with Gasteiger partial charge in [0, 0.05) is 12.1 Å². The van der Waals surface area contributed by atoms with Crippen molar-refractivity contribution in [2.24, 2.45) is 0 Å². The summed E-state index contributed by atoms with van der Waals surface area (Å²) in [7, 11) is 1.70. The normalized spacial score (nSPS) is 26.6. The van der Waals surface area contributed by atoms with Crippen molar-refractivity contribution in [1.29, 1.82) is 0 Å². The van der Waals surface area contributed by atoms with Gasteiger partial charge in [-0.3, -0.25) is 4.79 Å². The average molecular weight is 422 g/mol. The van der Waals surface area contributed by atoms with Crippen molar-refractivity contribution in [3.63, 3.8) is 0 Å². The first-order chi connectivity index (χ1) is 13.6. The summed E-state index contributed by atoms with van der Waals surface area (Å²) in [4.78, 5) is 25.4. The Morgan fingerprint density at radius 3 is 2.28 bits per heavy atom. The lowest BCUT2D eigenvalue weighted by molar-refractivity contribution is -0.117. The minimum absolute atomic E-state index is 0.191. The third-order valence-electron chi connectivity index (χ3n) is 6.09. The fraction of sp³-hybridized carbons (Fsp3) is 0.545. The molecule has 6 nitrogen and oxygen atoms in total. The molecule has 1 amide bonds. The molecule has 1 fully saturated rings. The number of rotatable bonds is 4. The second-order valence-corrected chi connectivity index (χ2v) is 8.53. The maximum atomic E-state index is 13.2. The fourth-order valence-electron chi connectivity index (χ4n) is 4.35. The van der Waals surface area contributed by atoms with E-state index in [0.717, 1.165) is 29.5 Å². The lowest BCUT2D eigenvalue weighted by Crippen LogP contribution is -2.51. The van der Waals surface area contributed by atoms with Gasteiger partial charge in [-0.25, -0.2) is 4.79 Å². The molecule has 1 spiro atoms. The molecule has 2 aliphatic rings. The number of hydrogen-bond acceptors (Lipinski definition) is 5. The van der Waals surface area contributed by atoms with Crippen molar-refractivity contribution in [3.8, 4) is 0 Å². The first-order valence-electron chi connectivity index (χ1n) is 9.89. The Labute approximate surface area is 176 Å². The van der Waals surface area contributed by atoms with E-state index in [0.29, 0.717) is 29.2 Å². The molecule has 1 N–H and O–H groups in total. The number of halogens is 1. The highest BCUT2D eigenvalue weighted by Crippen LogP contribution is 2.47. The van der Waals surface area contributed by atoms with E-state index in [-0.39, 0.29) is 18.1 Å². The van der Waals surface area contributed by atoms with E-state index in [1.165, 1.54) is 0 Å². The molecule has 0 atom stereocenters. The zero-order chi connectivity index (χ0) is 21.4. The van der Waals surface area contributed by atoms with Crippen LogP contribution in [0.4, 0.5) is 4.79 Å². The van der Waals surface area contributed by atoms with Gasteiger partial charge in [-0.05, 0) is 82.2 Å². The second kappa shape index (κ2) is 8.00. The third-order valence-corrected chi connectivity index (χ3v) is 6.31. The SMILES string of the molecule is CCOC(=O)OC1=C(c2c(C)cc(Cl)cc2C)C(=O)NC12CCC(C)(OC)CC2. The van der Waals surface area contributed by atoms with E-state index in [4.69, 9.17) is 25.8 Å². The van der Waals surface area contributed by atoms with Crippen LogP contribution in [0.25, 0.3) is 5.57 Å². The highest BCUT2D eigenvalue weighted by atomic mass is 35.5. The Bertz CT molecular complexity index is 845. The summed E-state index contributed by atoms with van der Waals surface area (Å²) < 4.78 is 16.4. The average Bonchev–Trinajstić information content (AvgIpc) is 2.90. The van der Waals surface area contributed by atoms with E-state index in [1.807, 2.05) is 13.8 Å². The summed E-state index contributed by atoms with van der Waals surface area (Å²) in [5, 5.41) is 3.71. The lowest BCUT2D eigenvalue weighted by atomic mass is 9.73. The standard InChI is InChI=1S/C22H28ClNO5/c1-6-28-20(26)29-18-17(16-13(2)11-15(23)12-14(16)3)19(25)24-22(18)9-7-21(4,27-5)8-10-22/h11-12H,6-10H2,1-5H3,(H,24,25). The van der Waals surface area contributed by atoms with Crippen LogP contribution in [0.1, 0.15) is 56.2 Å². The van der Waals surface area contributed by atoms with Crippen LogP contribution in [0, 0.1) is 13.8 Å². The first-order valence-corrected chi connectivity index (χ1v) is 10.3. The second-order valence-electron chi connectivity index (χ2n) is 8.09. The summed E-state index contributed by atoms with van der Waals surface area (Å²) in [6, 6.07) is 3.61. The van der Waals surface area contributed by atoms with E-state index in [1.54, 1.807) is 26.2 Å². The van der Waals surface area contributed by atoms with Gasteiger partial charge in [-0.15, -0.1) is 0 Å². The molecule has 29 heavy (non-hydrogen) atoms. The highest BCUT2D eigenvalue weighted by molar-refractivity contribution is 6.31. The predicted octanol–water partition coefficient (Wildman–Crippen LogP) is 4.69. The molecule has 1 aromatic carbocycles. The maximum absolute atomic E-state index is 13.2. The zero-order valence-electron chi connectivity index (χ0n) is 17.6. The molecule has 0 radical (unpaired) electrons. The molecular formula is C22H28ClNO5. The van der Waals surface area contributed by atoms with Gasteiger partial charge in [0.2, 0.25) is 0 Å². The topological polar surface area (TPSA) is 73.9 Å². The van der Waals surface area contributed by atoms with E-state index >= 15 is 0 Å². The Morgan fingerprint density at radius 1 is 1.17 bits per heavy atom. The van der Waals surface area contributed by atoms with Crippen LogP contribution >= 0.6 is 11.6 Å². The van der Waals surface area contributed by atoms with Crippen LogP contribution < -0.4 is 5.32 Å². The maximum Gasteiger partial charge on any atom is 0.513 e.